The second kappa shape index (κ2) is 6.52. The number of nitrogen functional groups attached to an aromatic ring is 1. The van der Waals surface area contributed by atoms with Crippen molar-refractivity contribution in [2.24, 2.45) is 13.0 Å². The van der Waals surface area contributed by atoms with Crippen LogP contribution < -0.4 is 17.0 Å². The number of hydrogen-bond acceptors (Lipinski definition) is 6. The number of aromatic nitrogens is 3. The van der Waals surface area contributed by atoms with E-state index in [-0.39, 0.29) is 17.8 Å². The molecule has 0 radical (unpaired) electrons. The van der Waals surface area contributed by atoms with Crippen LogP contribution in [0.1, 0.15) is 37.8 Å². The van der Waals surface area contributed by atoms with Gasteiger partial charge in [-0.1, -0.05) is 13.8 Å². The topological polar surface area (TPSA) is 92.1 Å². The van der Waals surface area contributed by atoms with E-state index in [4.69, 9.17) is 10.5 Å². The Kier molecular flexibility index (Phi) is 4.60. The van der Waals surface area contributed by atoms with Crippen molar-refractivity contribution in [2.75, 3.05) is 12.3 Å². The fourth-order valence-corrected chi connectivity index (χ4v) is 3.78. The van der Waals surface area contributed by atoms with Crippen molar-refractivity contribution in [3.05, 3.63) is 31.2 Å². The summed E-state index contributed by atoms with van der Waals surface area (Å²) in [7, 11) is 1.47. The van der Waals surface area contributed by atoms with Crippen LogP contribution in [0.5, 0.6) is 0 Å². The molecule has 24 heavy (non-hydrogen) atoms. The predicted molar refractivity (Wildman–Crippen MR) is 94.2 cm³/mol. The molecule has 1 unspecified atom stereocenters. The molecular weight excluding hydrogens is 328 g/mol. The highest BCUT2D eigenvalue weighted by Gasteiger charge is 2.24. The SMILES string of the molecule is CC(C)Cn1c(N)c(-c2csc(C3CCCO3)n2)c(=O)n(C)c1=O. The third-order valence-corrected chi connectivity index (χ3v) is 5.05. The van der Waals surface area contributed by atoms with Gasteiger partial charge in [0.25, 0.3) is 5.56 Å². The maximum absolute atomic E-state index is 12.6. The Balaban J connectivity index is 2.12. The van der Waals surface area contributed by atoms with E-state index in [1.807, 2.05) is 19.2 Å². The molecular formula is C16H22N4O3S. The van der Waals surface area contributed by atoms with E-state index in [0.29, 0.717) is 17.8 Å². The lowest BCUT2D eigenvalue weighted by Crippen LogP contribution is -2.41. The van der Waals surface area contributed by atoms with Gasteiger partial charge >= 0.3 is 5.69 Å². The maximum atomic E-state index is 12.6. The Morgan fingerprint density at radius 2 is 2.21 bits per heavy atom. The molecule has 0 saturated carbocycles. The minimum atomic E-state index is -0.415. The second-order valence-electron chi connectivity index (χ2n) is 6.48. The molecule has 2 N–H and O–H groups in total. The lowest BCUT2D eigenvalue weighted by atomic mass is 10.2. The fraction of sp³-hybridized carbons (Fsp3) is 0.562. The van der Waals surface area contributed by atoms with Crippen LogP contribution in [0, 0.1) is 5.92 Å². The lowest BCUT2D eigenvalue weighted by molar-refractivity contribution is 0.112. The summed E-state index contributed by atoms with van der Waals surface area (Å²) in [6, 6.07) is 0. The normalized spacial score (nSPS) is 17.8. The highest BCUT2D eigenvalue weighted by molar-refractivity contribution is 7.10. The van der Waals surface area contributed by atoms with Crippen LogP contribution in [-0.4, -0.2) is 20.7 Å². The Labute approximate surface area is 143 Å². The first kappa shape index (κ1) is 16.9. The Morgan fingerprint density at radius 1 is 1.46 bits per heavy atom. The first-order valence-corrected chi connectivity index (χ1v) is 8.94. The Morgan fingerprint density at radius 3 is 2.83 bits per heavy atom. The summed E-state index contributed by atoms with van der Waals surface area (Å²) >= 11 is 1.46. The fourth-order valence-electron chi connectivity index (χ4n) is 2.89. The van der Waals surface area contributed by atoms with E-state index in [0.717, 1.165) is 29.0 Å². The third-order valence-electron chi connectivity index (χ3n) is 4.11. The molecule has 1 fully saturated rings. The van der Waals surface area contributed by atoms with Crippen molar-refractivity contribution >= 4 is 17.2 Å². The second-order valence-corrected chi connectivity index (χ2v) is 7.37. The van der Waals surface area contributed by atoms with Gasteiger partial charge in [-0.3, -0.25) is 13.9 Å². The summed E-state index contributed by atoms with van der Waals surface area (Å²) in [6.45, 7) is 5.18. The minimum absolute atomic E-state index is 0.00426. The van der Waals surface area contributed by atoms with E-state index in [9.17, 15) is 9.59 Å². The van der Waals surface area contributed by atoms with Gasteiger partial charge in [-0.2, -0.15) is 0 Å². The van der Waals surface area contributed by atoms with Gasteiger partial charge in [-0.05, 0) is 18.8 Å². The molecule has 0 bridgehead atoms. The van der Waals surface area contributed by atoms with Crippen molar-refractivity contribution in [1.82, 2.24) is 14.1 Å². The number of thiazole rings is 1. The van der Waals surface area contributed by atoms with Crippen molar-refractivity contribution in [3.63, 3.8) is 0 Å². The van der Waals surface area contributed by atoms with E-state index in [2.05, 4.69) is 4.98 Å². The first-order valence-electron chi connectivity index (χ1n) is 8.06. The van der Waals surface area contributed by atoms with E-state index in [1.165, 1.54) is 23.0 Å². The molecule has 8 heteroatoms. The Hall–Kier alpha value is -1.93. The van der Waals surface area contributed by atoms with Crippen molar-refractivity contribution in [3.8, 4) is 11.3 Å². The highest BCUT2D eigenvalue weighted by atomic mass is 32.1. The van der Waals surface area contributed by atoms with Crippen LogP contribution in [0.25, 0.3) is 11.3 Å². The van der Waals surface area contributed by atoms with Gasteiger partial charge in [0, 0.05) is 25.6 Å². The molecule has 1 aliphatic rings. The average Bonchev–Trinajstić information content (AvgIpc) is 3.20. The van der Waals surface area contributed by atoms with Crippen molar-refractivity contribution in [2.45, 2.75) is 39.3 Å². The van der Waals surface area contributed by atoms with Gasteiger partial charge in [0.2, 0.25) is 0 Å². The molecule has 130 valence electrons. The molecule has 0 spiro atoms. The maximum Gasteiger partial charge on any atom is 0.332 e. The summed E-state index contributed by atoms with van der Waals surface area (Å²) in [6.07, 6.45) is 1.95. The van der Waals surface area contributed by atoms with Gasteiger partial charge in [0.1, 0.15) is 22.5 Å². The molecule has 3 heterocycles. The quantitative estimate of drug-likeness (QED) is 0.907. The number of nitrogens with zero attached hydrogens (tertiary/aromatic N) is 3. The van der Waals surface area contributed by atoms with E-state index >= 15 is 0 Å². The number of ether oxygens (including phenoxy) is 1. The van der Waals surface area contributed by atoms with Gasteiger partial charge < -0.3 is 10.5 Å². The van der Waals surface area contributed by atoms with Crippen LogP contribution in [0.2, 0.25) is 0 Å². The van der Waals surface area contributed by atoms with Crippen LogP contribution in [-0.2, 0) is 18.3 Å². The standard InChI is InChI=1S/C16H22N4O3S/c1-9(2)7-20-13(17)12(15(21)19(3)16(20)22)10-8-24-14(18-10)11-5-4-6-23-11/h8-9,11H,4-7,17H2,1-3H3. The molecule has 1 aliphatic heterocycles. The summed E-state index contributed by atoms with van der Waals surface area (Å²) in [5, 5.41) is 2.67. The smallest absolute Gasteiger partial charge is 0.332 e. The molecule has 0 aliphatic carbocycles. The number of anilines is 1. The molecule has 1 saturated heterocycles. The van der Waals surface area contributed by atoms with Crippen LogP contribution >= 0.6 is 11.3 Å². The van der Waals surface area contributed by atoms with Gasteiger partial charge in [0.05, 0.1) is 5.69 Å². The summed E-state index contributed by atoms with van der Waals surface area (Å²) in [5.74, 6) is 0.411. The summed E-state index contributed by atoms with van der Waals surface area (Å²) in [4.78, 5) is 29.5. The number of nitrogens with two attached hydrogens (primary N) is 1. The van der Waals surface area contributed by atoms with Gasteiger partial charge in [-0.25, -0.2) is 9.78 Å². The van der Waals surface area contributed by atoms with E-state index < -0.39 is 11.2 Å². The predicted octanol–water partition coefficient (Wildman–Crippen LogP) is 1.76. The monoisotopic (exact) mass is 350 g/mol. The average molecular weight is 350 g/mol. The minimum Gasteiger partial charge on any atom is -0.384 e. The zero-order chi connectivity index (χ0) is 17.4. The largest absolute Gasteiger partial charge is 0.384 e. The van der Waals surface area contributed by atoms with Crippen LogP contribution in [0.15, 0.2) is 15.0 Å². The highest BCUT2D eigenvalue weighted by Crippen LogP contribution is 2.33. The molecule has 3 rings (SSSR count). The molecule has 0 amide bonds. The molecule has 0 aromatic carbocycles. The van der Waals surface area contributed by atoms with E-state index in [1.54, 1.807) is 0 Å². The van der Waals surface area contributed by atoms with Gasteiger partial charge in [0.15, 0.2) is 0 Å². The lowest BCUT2D eigenvalue weighted by Gasteiger charge is -2.15. The molecule has 2 aromatic rings. The molecule has 2 aromatic heterocycles. The van der Waals surface area contributed by atoms with Crippen LogP contribution in [0.3, 0.4) is 0 Å². The van der Waals surface area contributed by atoms with Crippen molar-refractivity contribution < 1.29 is 4.74 Å². The molecule has 7 nitrogen and oxygen atoms in total. The Bertz CT molecular complexity index is 859. The zero-order valence-electron chi connectivity index (χ0n) is 14.1. The van der Waals surface area contributed by atoms with Crippen molar-refractivity contribution in [1.29, 1.82) is 0 Å². The number of rotatable bonds is 4. The summed E-state index contributed by atoms with van der Waals surface area (Å²) in [5.41, 5.74) is 6.17. The third kappa shape index (κ3) is 2.91. The first-order chi connectivity index (χ1) is 11.4. The molecule has 1 atom stereocenters. The van der Waals surface area contributed by atoms with Gasteiger partial charge in [-0.15, -0.1) is 11.3 Å². The number of hydrogen-bond donors (Lipinski definition) is 1. The van der Waals surface area contributed by atoms with Crippen LogP contribution in [0.4, 0.5) is 5.82 Å². The zero-order valence-corrected chi connectivity index (χ0v) is 14.9. The summed E-state index contributed by atoms with van der Waals surface area (Å²) < 4.78 is 8.19.